The van der Waals surface area contributed by atoms with E-state index in [1.165, 1.54) is 0 Å². The summed E-state index contributed by atoms with van der Waals surface area (Å²) in [7, 11) is 0. The third-order valence-corrected chi connectivity index (χ3v) is 10.9. The Labute approximate surface area is 330 Å². The molecule has 1 aliphatic rings. The van der Waals surface area contributed by atoms with E-state index < -0.39 is 6.29 Å². The van der Waals surface area contributed by atoms with Crippen molar-refractivity contribution in [3.63, 3.8) is 0 Å². The van der Waals surface area contributed by atoms with Gasteiger partial charge in [0.15, 0.2) is 12.1 Å². The summed E-state index contributed by atoms with van der Waals surface area (Å²) in [5.74, 6) is 1.16. The van der Waals surface area contributed by atoms with Crippen LogP contribution in [0.25, 0.3) is 33.7 Å². The van der Waals surface area contributed by atoms with Crippen LogP contribution in [0.5, 0.6) is 0 Å². The largest absolute Gasteiger partial charge is 0.431 e. The van der Waals surface area contributed by atoms with Crippen LogP contribution in [0, 0.1) is 5.92 Å². The summed E-state index contributed by atoms with van der Waals surface area (Å²) in [6, 6.07) is 48.0. The first-order chi connectivity index (χ1) is 27.5. The Morgan fingerprint density at radius 3 is 2.16 bits per heavy atom. The van der Waals surface area contributed by atoms with Crippen LogP contribution in [-0.4, -0.2) is 32.8 Å². The highest BCUT2D eigenvalue weighted by molar-refractivity contribution is 7.99. The summed E-state index contributed by atoms with van der Waals surface area (Å²) < 4.78 is 20.0. The van der Waals surface area contributed by atoms with Crippen molar-refractivity contribution in [2.45, 2.75) is 43.8 Å². The number of carbonyl (C=O) groups is 1. The number of aliphatic hydroxyl groups excluding tert-OH is 1. The van der Waals surface area contributed by atoms with Crippen LogP contribution in [0.1, 0.15) is 51.9 Å². The van der Waals surface area contributed by atoms with E-state index in [1.54, 1.807) is 36.3 Å². The molecule has 280 valence electrons. The average Bonchev–Trinajstić information content (AvgIpc) is 3.71. The maximum Gasteiger partial charge on any atom is 0.256 e. The Kier molecular flexibility index (Phi) is 11.5. The molecule has 0 unspecified atom stereocenters. The molecule has 8 rings (SSSR count). The number of amides is 1. The number of aromatic nitrogens is 2. The Bertz CT molecular complexity index is 2300. The highest BCUT2D eigenvalue weighted by atomic mass is 32.2. The standard InChI is InChI=1S/C47H41N3O5S/c1-31-41(30-56-47-50-42(35-11-4-2-5-12-35)44(55-47)36-13-6-3-7-14-36)53-46(54-43(31)37-19-17-32(29-51)18-20-37)38-23-21-34(22-24-38)39-15-8-10-33(26-39)27-49-45(52)40-16-9-25-48-28-40/h2-26,28,31,41,43,46,51H,27,29-30H2,1H3,(H,49,52)/t31-,41+,43+,46+/m0/s1. The SMILES string of the molecule is C[C@H]1[C@@H](CSc2nc(-c3ccccc3)c(-c3ccccc3)o2)O[C@@H](c2ccc(-c3cccc(CNC(=O)c4cccnc4)c3)cc2)O[C@H]1c1ccc(CO)cc1. The molecule has 56 heavy (non-hydrogen) atoms. The predicted octanol–water partition coefficient (Wildman–Crippen LogP) is 10.1. The van der Waals surface area contributed by atoms with Gasteiger partial charge in [-0.1, -0.05) is 146 Å². The second kappa shape index (κ2) is 17.3. The molecule has 3 heterocycles. The molecule has 2 N–H and O–H groups in total. The quantitative estimate of drug-likeness (QED) is 0.119. The fourth-order valence-corrected chi connectivity index (χ4v) is 7.86. The van der Waals surface area contributed by atoms with E-state index in [0.717, 1.165) is 56.0 Å². The van der Waals surface area contributed by atoms with Gasteiger partial charge in [-0.05, 0) is 46.0 Å². The van der Waals surface area contributed by atoms with E-state index >= 15 is 0 Å². The number of hydrogen-bond acceptors (Lipinski definition) is 8. The van der Waals surface area contributed by atoms with Crippen molar-refractivity contribution in [3.05, 3.63) is 186 Å². The Balaban J connectivity index is 1.02. The maximum absolute atomic E-state index is 12.6. The molecule has 0 saturated carbocycles. The lowest BCUT2D eigenvalue weighted by Gasteiger charge is -2.41. The Morgan fingerprint density at radius 2 is 1.45 bits per heavy atom. The lowest BCUT2D eigenvalue weighted by Crippen LogP contribution is -2.38. The van der Waals surface area contributed by atoms with Gasteiger partial charge in [-0.25, -0.2) is 4.98 Å². The summed E-state index contributed by atoms with van der Waals surface area (Å²) in [5.41, 5.74) is 9.13. The van der Waals surface area contributed by atoms with Crippen LogP contribution in [-0.2, 0) is 22.6 Å². The molecular weight excluding hydrogens is 719 g/mol. The fraction of sp³-hybridized carbons (Fsp3) is 0.170. The highest BCUT2D eigenvalue weighted by Gasteiger charge is 2.38. The minimum Gasteiger partial charge on any atom is -0.431 e. The van der Waals surface area contributed by atoms with E-state index in [2.05, 4.69) is 53.6 Å². The molecule has 0 bridgehead atoms. The third kappa shape index (κ3) is 8.51. The molecule has 7 aromatic rings. The van der Waals surface area contributed by atoms with Crippen molar-refractivity contribution in [3.8, 4) is 33.7 Å². The maximum atomic E-state index is 12.6. The highest BCUT2D eigenvalue weighted by Crippen LogP contribution is 2.44. The Morgan fingerprint density at radius 1 is 0.732 bits per heavy atom. The van der Waals surface area contributed by atoms with Crippen molar-refractivity contribution < 1.29 is 23.8 Å². The first-order valence-corrected chi connectivity index (χ1v) is 19.6. The molecule has 9 heteroatoms. The van der Waals surface area contributed by atoms with Gasteiger partial charge >= 0.3 is 0 Å². The smallest absolute Gasteiger partial charge is 0.256 e. The number of aliphatic hydroxyl groups is 1. The van der Waals surface area contributed by atoms with Gasteiger partial charge in [-0.2, -0.15) is 0 Å². The van der Waals surface area contributed by atoms with Crippen molar-refractivity contribution >= 4 is 17.7 Å². The van der Waals surface area contributed by atoms with Gasteiger partial charge in [0.05, 0.1) is 24.4 Å². The van der Waals surface area contributed by atoms with Crippen molar-refractivity contribution in [2.75, 3.05) is 5.75 Å². The van der Waals surface area contributed by atoms with Gasteiger partial charge < -0.3 is 24.3 Å². The number of ether oxygens (including phenoxy) is 2. The van der Waals surface area contributed by atoms with E-state index in [0.29, 0.717) is 23.1 Å². The van der Waals surface area contributed by atoms with E-state index in [1.807, 2.05) is 97.1 Å². The summed E-state index contributed by atoms with van der Waals surface area (Å²) in [6.45, 7) is 2.53. The van der Waals surface area contributed by atoms with E-state index in [-0.39, 0.29) is 30.6 Å². The molecule has 0 aliphatic carbocycles. The minimum atomic E-state index is -0.619. The van der Waals surface area contributed by atoms with Crippen LogP contribution < -0.4 is 5.32 Å². The molecular formula is C47H41N3O5S. The van der Waals surface area contributed by atoms with Gasteiger partial charge in [0.25, 0.3) is 11.1 Å². The summed E-state index contributed by atoms with van der Waals surface area (Å²) in [5, 5.41) is 13.3. The van der Waals surface area contributed by atoms with Gasteiger partial charge in [-0.15, -0.1) is 0 Å². The molecule has 1 amide bonds. The van der Waals surface area contributed by atoms with Gasteiger partial charge in [-0.3, -0.25) is 9.78 Å². The second-order valence-electron chi connectivity index (χ2n) is 13.8. The van der Waals surface area contributed by atoms with Crippen LogP contribution in [0.15, 0.2) is 168 Å². The first kappa shape index (κ1) is 37.1. The van der Waals surface area contributed by atoms with Crippen molar-refractivity contribution in [1.82, 2.24) is 15.3 Å². The first-order valence-electron chi connectivity index (χ1n) is 18.6. The third-order valence-electron chi connectivity index (χ3n) is 10.0. The van der Waals surface area contributed by atoms with Crippen LogP contribution in [0.3, 0.4) is 0 Å². The molecule has 1 fully saturated rings. The van der Waals surface area contributed by atoms with Crippen LogP contribution in [0.4, 0.5) is 0 Å². The zero-order chi connectivity index (χ0) is 38.3. The molecule has 0 radical (unpaired) electrons. The topological polar surface area (TPSA) is 107 Å². The van der Waals surface area contributed by atoms with Gasteiger partial charge in [0, 0.05) is 47.3 Å². The van der Waals surface area contributed by atoms with Gasteiger partial charge in [0.2, 0.25) is 0 Å². The van der Waals surface area contributed by atoms with Crippen molar-refractivity contribution in [1.29, 1.82) is 0 Å². The molecule has 4 atom stereocenters. The Hall–Kier alpha value is -5.84. The lowest BCUT2D eigenvalue weighted by atomic mass is 9.91. The van der Waals surface area contributed by atoms with Crippen LogP contribution in [0.2, 0.25) is 0 Å². The lowest BCUT2D eigenvalue weighted by molar-refractivity contribution is -0.268. The average molecular weight is 760 g/mol. The number of nitrogens with zero attached hydrogens (tertiary/aromatic N) is 2. The normalized spacial score (nSPS) is 18.0. The number of oxazole rings is 1. The molecule has 5 aromatic carbocycles. The number of hydrogen-bond donors (Lipinski definition) is 2. The number of rotatable bonds is 12. The van der Waals surface area contributed by atoms with E-state index in [9.17, 15) is 9.90 Å². The van der Waals surface area contributed by atoms with E-state index in [4.69, 9.17) is 18.9 Å². The molecule has 8 nitrogen and oxygen atoms in total. The fourth-order valence-electron chi connectivity index (χ4n) is 6.88. The number of carbonyl (C=O) groups excluding carboxylic acids is 1. The molecule has 1 saturated heterocycles. The number of thioether (sulfide) groups is 1. The molecule has 1 aliphatic heterocycles. The number of benzene rings is 5. The summed E-state index contributed by atoms with van der Waals surface area (Å²) in [6.07, 6.45) is 2.13. The zero-order valence-electron chi connectivity index (χ0n) is 30.8. The monoisotopic (exact) mass is 759 g/mol. The summed E-state index contributed by atoms with van der Waals surface area (Å²) >= 11 is 1.54. The number of pyridine rings is 1. The van der Waals surface area contributed by atoms with Gasteiger partial charge in [0.1, 0.15) is 5.69 Å². The minimum absolute atomic E-state index is 0.00321. The van der Waals surface area contributed by atoms with Crippen molar-refractivity contribution in [2.24, 2.45) is 5.92 Å². The number of nitrogens with one attached hydrogen (secondary N) is 1. The molecule has 0 spiro atoms. The second-order valence-corrected chi connectivity index (χ2v) is 14.7. The van der Waals surface area contributed by atoms with Crippen LogP contribution >= 0.6 is 11.8 Å². The summed E-state index contributed by atoms with van der Waals surface area (Å²) in [4.78, 5) is 21.6. The predicted molar refractivity (Wildman–Crippen MR) is 218 cm³/mol. The molecule has 2 aromatic heterocycles. The zero-order valence-corrected chi connectivity index (χ0v) is 31.6.